The van der Waals surface area contributed by atoms with Gasteiger partial charge in [-0.25, -0.2) is 0 Å². The van der Waals surface area contributed by atoms with E-state index in [1.54, 1.807) is 0 Å². The van der Waals surface area contributed by atoms with Crippen molar-refractivity contribution in [1.29, 1.82) is 0 Å². The minimum atomic E-state index is 0.394. The summed E-state index contributed by atoms with van der Waals surface area (Å²) in [6.45, 7) is 11.7. The maximum absolute atomic E-state index is 5.80. The van der Waals surface area contributed by atoms with E-state index in [-0.39, 0.29) is 0 Å². The molecular weight excluding hydrogens is 158 g/mol. The lowest BCUT2D eigenvalue weighted by atomic mass is 9.65. The van der Waals surface area contributed by atoms with Gasteiger partial charge in [0.2, 0.25) is 0 Å². The second kappa shape index (κ2) is 3.83. The van der Waals surface area contributed by atoms with Crippen LogP contribution >= 0.6 is 0 Å². The first-order valence-electron chi connectivity index (χ1n) is 5.34. The van der Waals surface area contributed by atoms with Gasteiger partial charge in [-0.15, -0.1) is 0 Å². The van der Waals surface area contributed by atoms with Crippen molar-refractivity contribution in [3.05, 3.63) is 12.2 Å². The Morgan fingerprint density at radius 1 is 1.62 bits per heavy atom. The van der Waals surface area contributed by atoms with E-state index < -0.39 is 0 Å². The molecule has 1 rings (SSSR count). The van der Waals surface area contributed by atoms with Crippen molar-refractivity contribution in [2.75, 3.05) is 6.54 Å². The van der Waals surface area contributed by atoms with Crippen LogP contribution in [0.5, 0.6) is 0 Å². The van der Waals surface area contributed by atoms with Crippen molar-refractivity contribution in [2.45, 2.75) is 40.0 Å². The number of nitrogens with two attached hydrogens (primary N) is 1. The molecule has 3 unspecified atom stereocenters. The van der Waals surface area contributed by atoms with Gasteiger partial charge in [0.1, 0.15) is 0 Å². The molecule has 0 heterocycles. The first kappa shape index (κ1) is 10.8. The van der Waals surface area contributed by atoms with Gasteiger partial charge in [-0.2, -0.15) is 0 Å². The third-order valence-corrected chi connectivity index (χ3v) is 3.69. The molecular formula is C12H23N. The SMILES string of the molecule is C=C(C)C1CCC(C)(CN)CC1C. The Labute approximate surface area is 82.4 Å². The van der Waals surface area contributed by atoms with Crippen LogP contribution in [-0.2, 0) is 0 Å². The van der Waals surface area contributed by atoms with Gasteiger partial charge < -0.3 is 5.73 Å². The molecule has 0 radical (unpaired) electrons. The van der Waals surface area contributed by atoms with E-state index in [0.29, 0.717) is 5.41 Å². The van der Waals surface area contributed by atoms with Crippen molar-refractivity contribution in [1.82, 2.24) is 0 Å². The molecule has 1 heteroatoms. The van der Waals surface area contributed by atoms with E-state index >= 15 is 0 Å². The smallest absolute Gasteiger partial charge is 0.00231 e. The summed E-state index contributed by atoms with van der Waals surface area (Å²) in [4.78, 5) is 0. The van der Waals surface area contributed by atoms with Gasteiger partial charge >= 0.3 is 0 Å². The number of rotatable bonds is 2. The lowest BCUT2D eigenvalue weighted by molar-refractivity contribution is 0.137. The Bertz CT molecular complexity index is 197. The van der Waals surface area contributed by atoms with Gasteiger partial charge in [0.25, 0.3) is 0 Å². The van der Waals surface area contributed by atoms with Crippen molar-refractivity contribution in [3.8, 4) is 0 Å². The summed E-state index contributed by atoms with van der Waals surface area (Å²) in [5, 5.41) is 0. The fourth-order valence-electron chi connectivity index (χ4n) is 2.73. The van der Waals surface area contributed by atoms with Crippen LogP contribution in [0.25, 0.3) is 0 Å². The molecule has 1 aliphatic carbocycles. The van der Waals surface area contributed by atoms with Crippen LogP contribution in [0.1, 0.15) is 40.0 Å². The van der Waals surface area contributed by atoms with Crippen molar-refractivity contribution in [3.63, 3.8) is 0 Å². The minimum Gasteiger partial charge on any atom is -0.330 e. The highest BCUT2D eigenvalue weighted by molar-refractivity contribution is 5.02. The number of hydrogen-bond acceptors (Lipinski definition) is 1. The predicted octanol–water partition coefficient (Wildman–Crippen LogP) is 2.96. The molecule has 1 fully saturated rings. The van der Waals surface area contributed by atoms with Gasteiger partial charge in [0, 0.05) is 0 Å². The standard InChI is InChI=1S/C12H23N/c1-9(2)11-5-6-12(4,8-13)7-10(11)3/h10-11H,1,5-8,13H2,2-4H3. The summed E-state index contributed by atoms with van der Waals surface area (Å²) in [5.41, 5.74) is 7.55. The van der Waals surface area contributed by atoms with Crippen molar-refractivity contribution >= 4 is 0 Å². The lowest BCUT2D eigenvalue weighted by Gasteiger charge is -2.41. The Morgan fingerprint density at radius 2 is 2.23 bits per heavy atom. The summed E-state index contributed by atoms with van der Waals surface area (Å²) < 4.78 is 0. The summed E-state index contributed by atoms with van der Waals surface area (Å²) in [5.74, 6) is 1.50. The van der Waals surface area contributed by atoms with Crippen molar-refractivity contribution < 1.29 is 0 Å². The zero-order valence-corrected chi connectivity index (χ0v) is 9.27. The Morgan fingerprint density at radius 3 is 2.62 bits per heavy atom. The van der Waals surface area contributed by atoms with E-state index in [2.05, 4.69) is 27.4 Å². The van der Waals surface area contributed by atoms with Crippen molar-refractivity contribution in [2.24, 2.45) is 23.0 Å². The fraction of sp³-hybridized carbons (Fsp3) is 0.833. The van der Waals surface area contributed by atoms with Crippen LogP contribution in [0.2, 0.25) is 0 Å². The van der Waals surface area contributed by atoms with Gasteiger partial charge in [0.15, 0.2) is 0 Å². The van der Waals surface area contributed by atoms with Gasteiger partial charge in [-0.3, -0.25) is 0 Å². The van der Waals surface area contributed by atoms with Gasteiger partial charge in [-0.1, -0.05) is 26.0 Å². The molecule has 76 valence electrons. The number of allylic oxidation sites excluding steroid dienone is 1. The zero-order valence-electron chi connectivity index (χ0n) is 9.27. The second-order valence-corrected chi connectivity index (χ2v) is 5.19. The van der Waals surface area contributed by atoms with Crippen LogP contribution in [0.4, 0.5) is 0 Å². The molecule has 13 heavy (non-hydrogen) atoms. The Kier molecular flexibility index (Phi) is 3.18. The van der Waals surface area contributed by atoms with Crippen LogP contribution in [0.15, 0.2) is 12.2 Å². The molecule has 1 nitrogen and oxygen atoms in total. The maximum atomic E-state index is 5.80. The topological polar surface area (TPSA) is 26.0 Å². The lowest BCUT2D eigenvalue weighted by Crippen LogP contribution is -2.36. The third-order valence-electron chi connectivity index (χ3n) is 3.69. The predicted molar refractivity (Wildman–Crippen MR) is 58.5 cm³/mol. The molecule has 2 N–H and O–H groups in total. The summed E-state index contributed by atoms with van der Waals surface area (Å²) in [6.07, 6.45) is 3.82. The van der Waals surface area contributed by atoms with Gasteiger partial charge in [0.05, 0.1) is 0 Å². The molecule has 0 spiro atoms. The fourth-order valence-corrected chi connectivity index (χ4v) is 2.73. The first-order chi connectivity index (χ1) is 5.98. The quantitative estimate of drug-likeness (QED) is 0.651. The highest BCUT2D eigenvalue weighted by atomic mass is 14.6. The first-order valence-corrected chi connectivity index (χ1v) is 5.34. The largest absolute Gasteiger partial charge is 0.330 e. The summed E-state index contributed by atoms with van der Waals surface area (Å²) in [7, 11) is 0. The van der Waals surface area contributed by atoms with Gasteiger partial charge in [-0.05, 0) is 50.0 Å². The average molecular weight is 181 g/mol. The van der Waals surface area contributed by atoms with E-state index in [1.165, 1.54) is 24.8 Å². The van der Waals surface area contributed by atoms with E-state index in [4.69, 9.17) is 5.73 Å². The van der Waals surface area contributed by atoms with Crippen LogP contribution < -0.4 is 5.73 Å². The monoisotopic (exact) mass is 181 g/mol. The average Bonchev–Trinajstić information content (AvgIpc) is 2.03. The number of hydrogen-bond donors (Lipinski definition) is 1. The van der Waals surface area contributed by atoms with E-state index in [9.17, 15) is 0 Å². The highest BCUT2D eigenvalue weighted by Crippen LogP contribution is 2.43. The maximum Gasteiger partial charge on any atom is -0.00231 e. The molecule has 1 saturated carbocycles. The van der Waals surface area contributed by atoms with E-state index in [0.717, 1.165) is 18.4 Å². The molecule has 1 aliphatic rings. The molecule has 0 saturated heterocycles. The molecule has 0 aromatic heterocycles. The molecule has 0 aromatic carbocycles. The molecule has 0 aromatic rings. The molecule has 0 aliphatic heterocycles. The Hall–Kier alpha value is -0.300. The summed E-state index contributed by atoms with van der Waals surface area (Å²) >= 11 is 0. The third kappa shape index (κ3) is 2.34. The Balaban J connectivity index is 2.61. The molecule has 0 amide bonds. The molecule has 0 bridgehead atoms. The minimum absolute atomic E-state index is 0.394. The summed E-state index contributed by atoms with van der Waals surface area (Å²) in [6, 6.07) is 0. The second-order valence-electron chi connectivity index (χ2n) is 5.19. The van der Waals surface area contributed by atoms with Crippen LogP contribution in [0.3, 0.4) is 0 Å². The normalized spacial score (nSPS) is 40.3. The highest BCUT2D eigenvalue weighted by Gasteiger charge is 2.34. The van der Waals surface area contributed by atoms with Crippen LogP contribution in [0, 0.1) is 17.3 Å². The van der Waals surface area contributed by atoms with Crippen LogP contribution in [-0.4, -0.2) is 6.54 Å². The molecule has 3 atom stereocenters. The zero-order chi connectivity index (χ0) is 10.1. The van der Waals surface area contributed by atoms with E-state index in [1.807, 2.05) is 0 Å².